The molecule has 3 heteroatoms. The zero-order chi connectivity index (χ0) is 14.4. The van der Waals surface area contributed by atoms with Crippen LogP contribution in [-0.4, -0.2) is 13.1 Å². The second-order valence-electron chi connectivity index (χ2n) is 5.71. The Morgan fingerprint density at radius 1 is 1.30 bits per heavy atom. The normalized spacial score (nSPS) is 14.3. The molecule has 1 aliphatic carbocycles. The molecule has 0 spiro atoms. The highest BCUT2D eigenvalue weighted by Crippen LogP contribution is 2.33. The van der Waals surface area contributed by atoms with Gasteiger partial charge in [-0.05, 0) is 61.6 Å². The second-order valence-corrected chi connectivity index (χ2v) is 5.71. The zero-order valence-corrected chi connectivity index (χ0v) is 12.2. The number of ether oxygens (including phenoxy) is 1. The van der Waals surface area contributed by atoms with Crippen molar-refractivity contribution in [2.24, 2.45) is 5.92 Å². The number of aryl methyl sites for hydroxylation is 1. The van der Waals surface area contributed by atoms with Crippen molar-refractivity contribution in [2.45, 2.75) is 51.4 Å². The van der Waals surface area contributed by atoms with E-state index in [2.05, 4.69) is 4.74 Å². The highest BCUT2D eigenvalue weighted by Gasteiger charge is 2.21. The summed E-state index contributed by atoms with van der Waals surface area (Å²) in [6.45, 7) is 0. The quantitative estimate of drug-likeness (QED) is 0.529. The van der Waals surface area contributed by atoms with Gasteiger partial charge in [0.1, 0.15) is 5.82 Å². The van der Waals surface area contributed by atoms with Gasteiger partial charge in [0.05, 0.1) is 7.11 Å². The smallest absolute Gasteiger partial charge is 0.305 e. The highest BCUT2D eigenvalue weighted by molar-refractivity contribution is 5.68. The van der Waals surface area contributed by atoms with Crippen LogP contribution < -0.4 is 0 Å². The zero-order valence-electron chi connectivity index (χ0n) is 12.2. The fraction of sp³-hybridized carbons (Fsp3) is 0.588. The summed E-state index contributed by atoms with van der Waals surface area (Å²) < 4.78 is 18.3. The molecule has 1 fully saturated rings. The molecule has 20 heavy (non-hydrogen) atoms. The van der Waals surface area contributed by atoms with Gasteiger partial charge in [0.2, 0.25) is 0 Å². The van der Waals surface area contributed by atoms with Crippen LogP contribution in [0, 0.1) is 11.7 Å². The maximum Gasteiger partial charge on any atom is 0.305 e. The van der Waals surface area contributed by atoms with E-state index in [-0.39, 0.29) is 11.8 Å². The molecule has 0 unspecified atom stereocenters. The van der Waals surface area contributed by atoms with E-state index in [0.717, 1.165) is 43.6 Å². The van der Waals surface area contributed by atoms with Crippen molar-refractivity contribution in [3.05, 3.63) is 35.1 Å². The molecule has 0 amide bonds. The lowest BCUT2D eigenvalue weighted by Crippen LogP contribution is -2.00. The van der Waals surface area contributed by atoms with E-state index in [1.807, 2.05) is 12.1 Å². The van der Waals surface area contributed by atoms with E-state index in [1.54, 1.807) is 6.07 Å². The van der Waals surface area contributed by atoms with E-state index in [9.17, 15) is 9.18 Å². The van der Waals surface area contributed by atoms with Gasteiger partial charge in [0.25, 0.3) is 0 Å². The van der Waals surface area contributed by atoms with Crippen molar-refractivity contribution in [1.29, 1.82) is 0 Å². The van der Waals surface area contributed by atoms with Crippen molar-refractivity contribution < 1.29 is 13.9 Å². The van der Waals surface area contributed by atoms with Gasteiger partial charge < -0.3 is 4.74 Å². The monoisotopic (exact) mass is 278 g/mol. The third-order valence-corrected chi connectivity index (χ3v) is 3.89. The number of halogens is 1. The van der Waals surface area contributed by atoms with E-state index in [4.69, 9.17) is 0 Å². The van der Waals surface area contributed by atoms with Crippen LogP contribution in [-0.2, 0) is 22.4 Å². The maximum absolute atomic E-state index is 13.7. The molecule has 2 rings (SSSR count). The number of methoxy groups -OCH3 is 1. The van der Waals surface area contributed by atoms with Crippen molar-refractivity contribution in [3.63, 3.8) is 0 Å². The topological polar surface area (TPSA) is 26.3 Å². The largest absolute Gasteiger partial charge is 0.469 e. The number of carbonyl (C=O) groups excluding carboxylic acids is 1. The first kappa shape index (κ1) is 15.0. The minimum Gasteiger partial charge on any atom is -0.469 e. The van der Waals surface area contributed by atoms with Crippen LogP contribution in [0.3, 0.4) is 0 Å². The molecule has 0 N–H and O–H groups in total. The van der Waals surface area contributed by atoms with E-state index >= 15 is 0 Å². The molecule has 1 aromatic carbocycles. The summed E-state index contributed by atoms with van der Waals surface area (Å²) in [4.78, 5) is 11.0. The average Bonchev–Trinajstić information content (AvgIpc) is 3.25. The van der Waals surface area contributed by atoms with Gasteiger partial charge in [-0.2, -0.15) is 0 Å². The van der Waals surface area contributed by atoms with Crippen LogP contribution in [0.25, 0.3) is 0 Å². The molecule has 0 heterocycles. The summed E-state index contributed by atoms with van der Waals surface area (Å²) in [7, 11) is 1.41. The molecular weight excluding hydrogens is 255 g/mol. The van der Waals surface area contributed by atoms with Crippen LogP contribution >= 0.6 is 0 Å². The molecular formula is C17H23FO2. The van der Waals surface area contributed by atoms with E-state index < -0.39 is 0 Å². The summed E-state index contributed by atoms with van der Waals surface area (Å²) in [6.07, 6.45) is 7.61. The number of hydrogen-bond acceptors (Lipinski definition) is 2. The number of esters is 1. The Hall–Kier alpha value is -1.38. The van der Waals surface area contributed by atoms with Crippen LogP contribution in [0.2, 0.25) is 0 Å². The first-order chi connectivity index (χ1) is 9.69. The molecule has 0 bridgehead atoms. The first-order valence-corrected chi connectivity index (χ1v) is 7.53. The summed E-state index contributed by atoms with van der Waals surface area (Å²) >= 11 is 0. The van der Waals surface area contributed by atoms with Crippen molar-refractivity contribution in [2.75, 3.05) is 7.11 Å². The van der Waals surface area contributed by atoms with Gasteiger partial charge in [-0.1, -0.05) is 18.6 Å². The lowest BCUT2D eigenvalue weighted by molar-refractivity contribution is -0.140. The van der Waals surface area contributed by atoms with Crippen LogP contribution in [0.4, 0.5) is 4.39 Å². The molecule has 0 aromatic heterocycles. The lowest BCUT2D eigenvalue weighted by Gasteiger charge is -2.07. The van der Waals surface area contributed by atoms with Gasteiger partial charge in [-0.25, -0.2) is 4.39 Å². The Bertz CT molecular complexity index is 452. The molecule has 1 saturated carbocycles. The Labute approximate surface area is 120 Å². The summed E-state index contributed by atoms with van der Waals surface area (Å²) in [6, 6.07) is 5.53. The van der Waals surface area contributed by atoms with E-state index in [0.29, 0.717) is 6.42 Å². The Morgan fingerprint density at radius 3 is 2.80 bits per heavy atom. The SMILES string of the molecule is COC(=O)CCCCCc1cc(CC2CC2)ccc1F. The number of hydrogen-bond donors (Lipinski definition) is 0. The summed E-state index contributed by atoms with van der Waals surface area (Å²) in [5.41, 5.74) is 2.08. The Balaban J connectivity index is 1.74. The van der Waals surface area contributed by atoms with Crippen molar-refractivity contribution in [1.82, 2.24) is 0 Å². The fourth-order valence-corrected chi connectivity index (χ4v) is 2.47. The summed E-state index contributed by atoms with van der Waals surface area (Å²) in [5, 5.41) is 0. The number of benzene rings is 1. The molecule has 110 valence electrons. The third kappa shape index (κ3) is 4.95. The molecule has 1 aromatic rings. The van der Waals surface area contributed by atoms with Gasteiger partial charge in [0, 0.05) is 6.42 Å². The fourth-order valence-electron chi connectivity index (χ4n) is 2.47. The molecule has 0 radical (unpaired) electrons. The third-order valence-electron chi connectivity index (χ3n) is 3.89. The van der Waals surface area contributed by atoms with Gasteiger partial charge in [-0.15, -0.1) is 0 Å². The van der Waals surface area contributed by atoms with Crippen molar-refractivity contribution in [3.8, 4) is 0 Å². The van der Waals surface area contributed by atoms with Gasteiger partial charge in [0.15, 0.2) is 0 Å². The van der Waals surface area contributed by atoms with Gasteiger partial charge >= 0.3 is 5.97 Å². The van der Waals surface area contributed by atoms with Crippen LogP contribution in [0.1, 0.15) is 49.7 Å². The number of unbranched alkanes of at least 4 members (excludes halogenated alkanes) is 2. The summed E-state index contributed by atoms with van der Waals surface area (Å²) in [5.74, 6) is 0.563. The minimum atomic E-state index is -0.164. The van der Waals surface area contributed by atoms with Crippen LogP contribution in [0.5, 0.6) is 0 Å². The minimum absolute atomic E-state index is 0.0995. The Morgan fingerprint density at radius 2 is 2.10 bits per heavy atom. The number of carbonyl (C=O) groups is 1. The van der Waals surface area contributed by atoms with Crippen molar-refractivity contribution >= 4 is 5.97 Å². The molecule has 2 nitrogen and oxygen atoms in total. The lowest BCUT2D eigenvalue weighted by atomic mass is 10.0. The number of rotatable bonds is 8. The first-order valence-electron chi connectivity index (χ1n) is 7.53. The maximum atomic E-state index is 13.7. The van der Waals surface area contributed by atoms with E-state index in [1.165, 1.54) is 25.5 Å². The second kappa shape index (κ2) is 7.41. The molecule has 1 aliphatic rings. The predicted molar refractivity (Wildman–Crippen MR) is 77.0 cm³/mol. The predicted octanol–water partition coefficient (Wildman–Crippen LogP) is 4.05. The highest BCUT2D eigenvalue weighted by atomic mass is 19.1. The van der Waals surface area contributed by atoms with Crippen LogP contribution in [0.15, 0.2) is 18.2 Å². The molecule has 0 saturated heterocycles. The molecule has 0 atom stereocenters. The molecule has 0 aliphatic heterocycles. The Kier molecular flexibility index (Phi) is 5.57. The van der Waals surface area contributed by atoms with Gasteiger partial charge in [-0.3, -0.25) is 4.79 Å². The average molecular weight is 278 g/mol. The standard InChI is InChI=1S/C17H23FO2/c1-20-17(19)6-4-2-3-5-15-12-14(9-10-16(15)18)11-13-7-8-13/h9-10,12-13H,2-8,11H2,1H3.